The number of hydrogen-bond acceptors (Lipinski definition) is 5. The number of benzene rings is 1. The second-order valence-corrected chi connectivity index (χ2v) is 6.72. The van der Waals surface area contributed by atoms with E-state index in [1.54, 1.807) is 17.3 Å². The van der Waals surface area contributed by atoms with Gasteiger partial charge in [0.25, 0.3) is 5.91 Å². The number of rotatable bonds is 8. The molecule has 2 N–H and O–H groups in total. The lowest BCUT2D eigenvalue weighted by atomic mass is 10.1. The smallest absolute Gasteiger partial charge is 0.252 e. The van der Waals surface area contributed by atoms with Gasteiger partial charge >= 0.3 is 0 Å². The van der Waals surface area contributed by atoms with Crippen LogP contribution in [0.2, 0.25) is 0 Å². The minimum atomic E-state index is -0.674. The first-order chi connectivity index (χ1) is 11.6. The minimum absolute atomic E-state index is 0.191. The van der Waals surface area contributed by atoms with Gasteiger partial charge < -0.3 is 10.6 Å². The Hall–Kier alpha value is -1.93. The molecule has 2 amide bonds. The maximum atomic E-state index is 13.2. The molecular weight excluding hydrogens is 349 g/mol. The highest BCUT2D eigenvalue weighted by atomic mass is 32.2. The Balaban J connectivity index is 1.98. The third-order valence-corrected chi connectivity index (χ3v) is 4.53. The van der Waals surface area contributed by atoms with E-state index in [-0.39, 0.29) is 11.5 Å². The zero-order valence-corrected chi connectivity index (χ0v) is 14.8. The summed E-state index contributed by atoms with van der Waals surface area (Å²) in [5.74, 6) is -0.513. The van der Waals surface area contributed by atoms with Crippen LogP contribution in [0.1, 0.15) is 22.5 Å². The van der Waals surface area contributed by atoms with Crippen molar-refractivity contribution < 1.29 is 14.0 Å². The number of halogens is 1. The zero-order valence-electron chi connectivity index (χ0n) is 13.1. The molecule has 128 valence electrons. The highest BCUT2D eigenvalue weighted by Crippen LogP contribution is 2.07. The fourth-order valence-corrected chi connectivity index (χ4v) is 3.03. The van der Waals surface area contributed by atoms with Crippen LogP contribution < -0.4 is 10.6 Å². The number of thiazole rings is 1. The summed E-state index contributed by atoms with van der Waals surface area (Å²) in [5, 5.41) is 7.30. The van der Waals surface area contributed by atoms with Crippen molar-refractivity contribution in [3.05, 3.63) is 52.2 Å². The van der Waals surface area contributed by atoms with Crippen molar-refractivity contribution in [2.45, 2.75) is 19.0 Å². The van der Waals surface area contributed by atoms with Crippen molar-refractivity contribution in [1.29, 1.82) is 0 Å². The molecule has 2 rings (SSSR count). The Morgan fingerprint density at radius 1 is 1.42 bits per heavy atom. The van der Waals surface area contributed by atoms with Gasteiger partial charge in [-0.05, 0) is 36.6 Å². The standard InChI is InChI=1S/C16H18FN3O2S2/c1-23-6-5-14(16(22)18-8-13-9-24-10-19-13)20-15(21)11-3-2-4-12(17)7-11/h2-4,7,9-10,14H,5-6,8H2,1H3,(H,18,22)(H,20,21). The molecule has 1 aromatic carbocycles. The van der Waals surface area contributed by atoms with E-state index in [0.717, 1.165) is 17.5 Å². The molecule has 1 heterocycles. The molecule has 0 saturated heterocycles. The summed E-state index contributed by atoms with van der Waals surface area (Å²) >= 11 is 3.04. The molecule has 1 aromatic heterocycles. The zero-order chi connectivity index (χ0) is 17.4. The van der Waals surface area contributed by atoms with Crippen LogP contribution in [0, 0.1) is 5.82 Å². The topological polar surface area (TPSA) is 71.1 Å². The largest absolute Gasteiger partial charge is 0.349 e. The molecule has 0 aliphatic rings. The first-order valence-electron chi connectivity index (χ1n) is 7.30. The third kappa shape index (κ3) is 5.61. The van der Waals surface area contributed by atoms with Crippen molar-refractivity contribution in [3.63, 3.8) is 0 Å². The number of thioether (sulfide) groups is 1. The van der Waals surface area contributed by atoms with Gasteiger partial charge in [-0.1, -0.05) is 6.07 Å². The molecule has 0 aliphatic carbocycles. The van der Waals surface area contributed by atoms with Gasteiger partial charge in [-0.25, -0.2) is 9.37 Å². The second-order valence-electron chi connectivity index (χ2n) is 5.02. The fraction of sp³-hybridized carbons (Fsp3) is 0.312. The third-order valence-electron chi connectivity index (χ3n) is 3.25. The van der Waals surface area contributed by atoms with Crippen LogP contribution >= 0.6 is 23.1 Å². The minimum Gasteiger partial charge on any atom is -0.349 e. The van der Waals surface area contributed by atoms with Gasteiger partial charge in [-0.15, -0.1) is 11.3 Å². The van der Waals surface area contributed by atoms with Crippen molar-refractivity contribution in [1.82, 2.24) is 15.6 Å². The molecule has 8 heteroatoms. The van der Waals surface area contributed by atoms with Gasteiger partial charge in [0.1, 0.15) is 11.9 Å². The number of aromatic nitrogens is 1. The van der Waals surface area contributed by atoms with Crippen molar-refractivity contribution >= 4 is 34.9 Å². The molecule has 0 bridgehead atoms. The van der Waals surface area contributed by atoms with Gasteiger partial charge in [0.2, 0.25) is 5.91 Å². The highest BCUT2D eigenvalue weighted by molar-refractivity contribution is 7.98. The van der Waals surface area contributed by atoms with Crippen LogP contribution in [0.5, 0.6) is 0 Å². The summed E-state index contributed by atoms with van der Waals surface area (Å²) in [4.78, 5) is 28.7. The van der Waals surface area contributed by atoms with Crippen LogP contribution in [0.3, 0.4) is 0 Å². The van der Waals surface area contributed by atoms with Crippen LogP contribution in [-0.2, 0) is 11.3 Å². The number of amides is 2. The molecule has 2 aromatic rings. The molecule has 0 fully saturated rings. The number of hydrogen-bond donors (Lipinski definition) is 2. The maximum absolute atomic E-state index is 13.2. The second kappa shape index (κ2) is 9.39. The molecule has 0 radical (unpaired) electrons. The number of carbonyl (C=O) groups is 2. The molecule has 0 aliphatic heterocycles. The monoisotopic (exact) mass is 367 g/mol. The Labute approximate surface area is 148 Å². The lowest BCUT2D eigenvalue weighted by Gasteiger charge is -2.18. The van der Waals surface area contributed by atoms with Crippen LogP contribution in [0.15, 0.2) is 35.2 Å². The van der Waals surface area contributed by atoms with Crippen LogP contribution in [0.25, 0.3) is 0 Å². The van der Waals surface area contributed by atoms with E-state index in [2.05, 4.69) is 15.6 Å². The summed E-state index contributed by atoms with van der Waals surface area (Å²) in [6.07, 6.45) is 2.42. The number of carbonyl (C=O) groups excluding carboxylic acids is 2. The van der Waals surface area contributed by atoms with Crippen molar-refractivity contribution in [3.8, 4) is 0 Å². The molecule has 0 spiro atoms. The summed E-state index contributed by atoms with van der Waals surface area (Å²) < 4.78 is 13.2. The average Bonchev–Trinajstić information content (AvgIpc) is 3.09. The molecule has 1 atom stereocenters. The van der Waals surface area contributed by atoms with Gasteiger partial charge in [-0.3, -0.25) is 9.59 Å². The first kappa shape index (κ1) is 18.4. The van der Waals surface area contributed by atoms with E-state index in [1.165, 1.54) is 29.5 Å². The van der Waals surface area contributed by atoms with Gasteiger partial charge in [-0.2, -0.15) is 11.8 Å². The van der Waals surface area contributed by atoms with E-state index < -0.39 is 17.8 Å². The van der Waals surface area contributed by atoms with E-state index in [4.69, 9.17) is 0 Å². The molecule has 5 nitrogen and oxygen atoms in total. The van der Waals surface area contributed by atoms with Gasteiger partial charge in [0, 0.05) is 10.9 Å². The van der Waals surface area contributed by atoms with E-state index in [9.17, 15) is 14.0 Å². The first-order valence-corrected chi connectivity index (χ1v) is 9.64. The predicted molar refractivity (Wildman–Crippen MR) is 94.6 cm³/mol. The summed E-state index contributed by atoms with van der Waals surface area (Å²) in [5.41, 5.74) is 2.66. The predicted octanol–water partition coefficient (Wildman–Crippen LogP) is 2.45. The lowest BCUT2D eigenvalue weighted by Crippen LogP contribution is -2.46. The molecular formula is C16H18FN3O2S2. The highest BCUT2D eigenvalue weighted by Gasteiger charge is 2.21. The van der Waals surface area contributed by atoms with Gasteiger partial charge in [0.05, 0.1) is 17.7 Å². The Kier molecular flexibility index (Phi) is 7.20. The maximum Gasteiger partial charge on any atom is 0.252 e. The molecule has 24 heavy (non-hydrogen) atoms. The lowest BCUT2D eigenvalue weighted by molar-refractivity contribution is -0.123. The quantitative estimate of drug-likeness (QED) is 0.752. The SMILES string of the molecule is CSCCC(NC(=O)c1cccc(F)c1)C(=O)NCc1cscn1. The number of nitrogens with zero attached hydrogens (tertiary/aromatic N) is 1. The Morgan fingerprint density at radius 2 is 2.25 bits per heavy atom. The summed E-state index contributed by atoms with van der Waals surface area (Å²) in [6, 6.07) is 4.71. The Bertz CT molecular complexity index is 680. The summed E-state index contributed by atoms with van der Waals surface area (Å²) in [6.45, 7) is 0.313. The Morgan fingerprint density at radius 3 is 2.92 bits per heavy atom. The van der Waals surface area contributed by atoms with Crippen LogP contribution in [0.4, 0.5) is 4.39 Å². The van der Waals surface area contributed by atoms with Crippen molar-refractivity contribution in [2.75, 3.05) is 12.0 Å². The van der Waals surface area contributed by atoms with Crippen LogP contribution in [-0.4, -0.2) is 34.8 Å². The molecule has 0 saturated carbocycles. The molecule has 1 unspecified atom stereocenters. The van der Waals surface area contributed by atoms with E-state index in [1.807, 2.05) is 11.6 Å². The number of nitrogens with one attached hydrogen (secondary N) is 2. The van der Waals surface area contributed by atoms with E-state index >= 15 is 0 Å². The average molecular weight is 367 g/mol. The normalized spacial score (nSPS) is 11.8. The van der Waals surface area contributed by atoms with E-state index in [0.29, 0.717) is 13.0 Å². The van der Waals surface area contributed by atoms with Gasteiger partial charge in [0.15, 0.2) is 0 Å². The summed E-state index contributed by atoms with van der Waals surface area (Å²) in [7, 11) is 0. The fourth-order valence-electron chi connectivity index (χ4n) is 2.00. The van der Waals surface area contributed by atoms with Crippen molar-refractivity contribution in [2.24, 2.45) is 0 Å².